The Morgan fingerprint density at radius 3 is 1.43 bits per heavy atom. The van der Waals surface area contributed by atoms with Crippen LogP contribution in [-0.2, 0) is 9.59 Å². The molecule has 0 aliphatic heterocycles. The zero-order valence-corrected chi connectivity index (χ0v) is 5.55. The van der Waals surface area contributed by atoms with Crippen LogP contribution in [-0.4, -0.2) is 24.5 Å². The SMILES string of the molecule is C[C](=O)[Al+][C](C)=O. The molecule has 0 aromatic heterocycles. The van der Waals surface area contributed by atoms with Crippen molar-refractivity contribution in [2.24, 2.45) is 0 Å². The molecular weight excluding hydrogens is 107 g/mol. The molecule has 0 fully saturated rings. The summed E-state index contributed by atoms with van der Waals surface area (Å²) in [5.41, 5.74) is 0. The summed E-state index contributed by atoms with van der Waals surface area (Å²) in [6.45, 7) is 2.88. The summed E-state index contributed by atoms with van der Waals surface area (Å²) in [7, 11) is 0. The normalized spacial score (nSPS) is 7.14. The molecule has 0 saturated carbocycles. The molecule has 0 aromatic carbocycles. The molecule has 0 unspecified atom stereocenters. The van der Waals surface area contributed by atoms with Gasteiger partial charge in [-0.3, -0.25) is 0 Å². The van der Waals surface area contributed by atoms with Gasteiger partial charge in [0.2, 0.25) is 0 Å². The molecular formula is C4H6AlO2+. The Morgan fingerprint density at radius 2 is 1.43 bits per heavy atom. The van der Waals surface area contributed by atoms with E-state index in [1.807, 2.05) is 0 Å². The van der Waals surface area contributed by atoms with Crippen LogP contribution in [0.1, 0.15) is 13.8 Å². The molecule has 0 amide bonds. The van der Waals surface area contributed by atoms with Crippen LogP contribution in [0, 0.1) is 0 Å². The van der Waals surface area contributed by atoms with Crippen molar-refractivity contribution in [1.82, 2.24) is 0 Å². The minimum absolute atomic E-state index is 0.0208. The predicted octanol–water partition coefficient (Wildman–Crippen LogP) is -0.216. The van der Waals surface area contributed by atoms with Gasteiger partial charge in [0.25, 0.3) is 0 Å². The van der Waals surface area contributed by atoms with Crippen LogP contribution in [0.2, 0.25) is 0 Å². The van der Waals surface area contributed by atoms with Gasteiger partial charge in [-0.2, -0.15) is 0 Å². The van der Waals surface area contributed by atoms with Crippen molar-refractivity contribution in [3.8, 4) is 0 Å². The second-order valence-corrected chi connectivity index (χ2v) is 3.28. The average molecular weight is 113 g/mol. The van der Waals surface area contributed by atoms with Crippen LogP contribution < -0.4 is 0 Å². The molecule has 0 heterocycles. The topological polar surface area (TPSA) is 34.1 Å². The van der Waals surface area contributed by atoms with E-state index in [9.17, 15) is 9.59 Å². The Bertz CT molecular complexity index is 85.9. The summed E-state index contributed by atoms with van der Waals surface area (Å²) >= 11 is -0.565. The van der Waals surface area contributed by atoms with Crippen molar-refractivity contribution < 1.29 is 9.59 Å². The minimum atomic E-state index is -0.565. The summed E-state index contributed by atoms with van der Waals surface area (Å²) < 4.78 is 0.0417. The van der Waals surface area contributed by atoms with Crippen molar-refractivity contribution in [2.45, 2.75) is 13.8 Å². The number of carbonyl (C=O) groups excluding carboxylic acids is 2. The summed E-state index contributed by atoms with van der Waals surface area (Å²) in [6, 6.07) is 0. The molecule has 3 heteroatoms. The fourth-order valence-corrected chi connectivity index (χ4v) is 0.859. The van der Waals surface area contributed by atoms with E-state index in [1.165, 1.54) is 13.8 Å². The van der Waals surface area contributed by atoms with Crippen LogP contribution in [0.3, 0.4) is 0 Å². The maximum absolute atomic E-state index is 10.1. The molecule has 0 aliphatic rings. The summed E-state index contributed by atoms with van der Waals surface area (Å²) in [4.78, 5) is 20.1. The van der Waals surface area contributed by atoms with Gasteiger partial charge in [-0.15, -0.1) is 0 Å². The molecule has 2 nitrogen and oxygen atoms in total. The van der Waals surface area contributed by atoms with Gasteiger partial charge in [0.05, 0.1) is 0 Å². The fraction of sp³-hybridized carbons (Fsp3) is 0.500. The Morgan fingerprint density at radius 1 is 1.14 bits per heavy atom. The third-order valence-electron chi connectivity index (χ3n) is 0.407. The molecule has 7 heavy (non-hydrogen) atoms. The summed E-state index contributed by atoms with van der Waals surface area (Å²) in [5.74, 6) is 0. The molecule has 0 rings (SSSR count). The first-order valence-electron chi connectivity index (χ1n) is 1.99. The molecule has 0 radical (unpaired) electrons. The Hall–Kier alpha value is -0.128. The van der Waals surface area contributed by atoms with Gasteiger partial charge in [0.1, 0.15) is 0 Å². The molecule has 36 valence electrons. The zero-order chi connectivity index (χ0) is 5.86. The van der Waals surface area contributed by atoms with Gasteiger partial charge in [-0.25, -0.2) is 0 Å². The second kappa shape index (κ2) is 2.95. The van der Waals surface area contributed by atoms with Crippen molar-refractivity contribution in [1.29, 1.82) is 0 Å². The van der Waals surface area contributed by atoms with Crippen molar-refractivity contribution >= 4 is 24.5 Å². The van der Waals surface area contributed by atoms with E-state index in [0.29, 0.717) is 0 Å². The monoisotopic (exact) mass is 113 g/mol. The van der Waals surface area contributed by atoms with Gasteiger partial charge >= 0.3 is 47.9 Å². The van der Waals surface area contributed by atoms with Crippen molar-refractivity contribution in [2.75, 3.05) is 0 Å². The second-order valence-electron chi connectivity index (χ2n) is 1.37. The molecule has 0 bridgehead atoms. The van der Waals surface area contributed by atoms with E-state index in [2.05, 4.69) is 0 Å². The molecule has 0 aromatic rings. The number of hydrogen-bond acceptors (Lipinski definition) is 2. The Balaban J connectivity index is 3.32. The first-order valence-corrected chi connectivity index (χ1v) is 3.14. The first kappa shape index (κ1) is 6.87. The third-order valence-corrected chi connectivity index (χ3v) is 1.22. The molecule has 0 spiro atoms. The summed E-state index contributed by atoms with van der Waals surface area (Å²) in [5, 5.41) is 0. The quantitative estimate of drug-likeness (QED) is 0.464. The van der Waals surface area contributed by atoms with E-state index < -0.39 is 15.2 Å². The number of carbonyl (C=O) groups is 2. The van der Waals surface area contributed by atoms with E-state index in [0.717, 1.165) is 0 Å². The number of rotatable bonds is 2. The first-order chi connectivity index (χ1) is 3.13. The van der Waals surface area contributed by atoms with E-state index in [-0.39, 0.29) is 9.29 Å². The van der Waals surface area contributed by atoms with Gasteiger partial charge in [0.15, 0.2) is 0 Å². The van der Waals surface area contributed by atoms with Crippen LogP contribution in [0.5, 0.6) is 0 Å². The van der Waals surface area contributed by atoms with Gasteiger partial charge in [-0.05, 0) is 0 Å². The van der Waals surface area contributed by atoms with Crippen LogP contribution in [0.25, 0.3) is 0 Å². The van der Waals surface area contributed by atoms with E-state index in [4.69, 9.17) is 0 Å². The Kier molecular flexibility index (Phi) is 2.90. The maximum atomic E-state index is 10.1. The molecule has 0 N–H and O–H groups in total. The van der Waals surface area contributed by atoms with Crippen LogP contribution in [0.4, 0.5) is 0 Å². The summed E-state index contributed by atoms with van der Waals surface area (Å²) in [6.07, 6.45) is 0. The predicted molar refractivity (Wildman–Crippen MR) is 27.1 cm³/mol. The van der Waals surface area contributed by atoms with E-state index in [1.54, 1.807) is 0 Å². The van der Waals surface area contributed by atoms with Crippen LogP contribution in [0.15, 0.2) is 0 Å². The van der Waals surface area contributed by atoms with Gasteiger partial charge < -0.3 is 0 Å². The third kappa shape index (κ3) is 5.87. The Labute approximate surface area is 48.6 Å². The molecule has 0 saturated heterocycles. The zero-order valence-electron chi connectivity index (χ0n) is 4.39. The average Bonchev–Trinajstić information content (AvgIpc) is 1.27. The van der Waals surface area contributed by atoms with Crippen molar-refractivity contribution in [3.63, 3.8) is 0 Å². The number of hydrogen-bond donors (Lipinski definition) is 0. The molecule has 0 atom stereocenters. The van der Waals surface area contributed by atoms with Gasteiger partial charge in [-0.1, -0.05) is 0 Å². The van der Waals surface area contributed by atoms with Crippen LogP contribution >= 0.6 is 0 Å². The van der Waals surface area contributed by atoms with Crippen molar-refractivity contribution in [3.05, 3.63) is 0 Å². The standard InChI is InChI=1S/2C2H3O.Al/c2*1-2-3;/h2*1H3;/q;;+1. The fourth-order valence-electron chi connectivity index (χ4n) is 0.286. The molecule has 0 aliphatic carbocycles. The van der Waals surface area contributed by atoms with E-state index >= 15 is 0 Å². The van der Waals surface area contributed by atoms with Gasteiger partial charge in [0, 0.05) is 0 Å².